The minimum atomic E-state index is -0.353. The average molecular weight is 382 g/mol. The van der Waals surface area contributed by atoms with Crippen LogP contribution in [0.15, 0.2) is 78.9 Å². The van der Waals surface area contributed by atoms with Crippen molar-refractivity contribution in [1.82, 2.24) is 4.98 Å². The highest BCUT2D eigenvalue weighted by Crippen LogP contribution is 2.33. The average Bonchev–Trinajstić information content (AvgIpc) is 3.16. The lowest BCUT2D eigenvalue weighted by Gasteiger charge is -2.15. The van der Waals surface area contributed by atoms with E-state index in [1.807, 2.05) is 24.3 Å². The van der Waals surface area contributed by atoms with Gasteiger partial charge in [-0.3, -0.25) is 4.79 Å². The predicted molar refractivity (Wildman–Crippen MR) is 113 cm³/mol. The van der Waals surface area contributed by atoms with E-state index < -0.39 is 0 Å². The third-order valence-electron chi connectivity index (χ3n) is 5.51. The molecule has 0 aliphatic heterocycles. The maximum absolute atomic E-state index is 13.1. The van der Waals surface area contributed by atoms with E-state index in [0.717, 1.165) is 29.6 Å². The van der Waals surface area contributed by atoms with Crippen molar-refractivity contribution in [1.29, 1.82) is 0 Å². The number of carbonyl (C=O) groups is 1. The number of aryl methyl sites for hydroxylation is 1. The molecule has 1 atom stereocenters. The number of rotatable bonds is 4. The molecule has 0 spiro atoms. The fourth-order valence-corrected chi connectivity index (χ4v) is 4.00. The lowest BCUT2D eigenvalue weighted by molar-refractivity contribution is 0.103. The number of ketones is 1. The van der Waals surface area contributed by atoms with E-state index in [2.05, 4.69) is 29.6 Å². The molecule has 0 saturated heterocycles. The predicted octanol–water partition coefficient (Wildman–Crippen LogP) is 5.70. The molecule has 1 N–H and O–H groups in total. The van der Waals surface area contributed by atoms with Crippen molar-refractivity contribution in [2.75, 3.05) is 5.32 Å². The van der Waals surface area contributed by atoms with Crippen LogP contribution in [0.3, 0.4) is 0 Å². The fraction of sp³-hybridized carbons (Fsp3) is 0.120. The number of pyridine rings is 1. The molecule has 5 rings (SSSR count). The third-order valence-corrected chi connectivity index (χ3v) is 5.51. The van der Waals surface area contributed by atoms with Gasteiger partial charge in [-0.2, -0.15) is 0 Å². The first-order chi connectivity index (χ1) is 14.2. The Labute approximate surface area is 168 Å². The SMILES string of the molecule is O=C(c1ccc(F)cc1)c1ccc2nc(NC3CCc4ccccc43)ccc2c1. The lowest BCUT2D eigenvalue weighted by Crippen LogP contribution is -2.08. The first-order valence-corrected chi connectivity index (χ1v) is 9.73. The Morgan fingerprint density at radius 1 is 0.931 bits per heavy atom. The topological polar surface area (TPSA) is 42.0 Å². The highest BCUT2D eigenvalue weighted by molar-refractivity contribution is 6.10. The number of hydrogen-bond donors (Lipinski definition) is 1. The number of nitrogens with zero attached hydrogens (tertiary/aromatic N) is 1. The van der Waals surface area contributed by atoms with Crippen LogP contribution in [0.2, 0.25) is 0 Å². The van der Waals surface area contributed by atoms with E-state index in [1.165, 1.54) is 35.4 Å². The van der Waals surface area contributed by atoms with Gasteiger partial charge in [-0.05, 0) is 78.6 Å². The van der Waals surface area contributed by atoms with Crippen molar-refractivity contribution in [3.63, 3.8) is 0 Å². The fourth-order valence-electron chi connectivity index (χ4n) is 4.00. The van der Waals surface area contributed by atoms with E-state index in [0.29, 0.717) is 11.1 Å². The smallest absolute Gasteiger partial charge is 0.193 e. The summed E-state index contributed by atoms with van der Waals surface area (Å²) in [5.41, 5.74) is 4.61. The number of benzene rings is 3. The van der Waals surface area contributed by atoms with Gasteiger partial charge >= 0.3 is 0 Å². The molecule has 4 heteroatoms. The number of halogens is 1. The molecule has 0 fully saturated rings. The highest BCUT2D eigenvalue weighted by atomic mass is 19.1. The first-order valence-electron chi connectivity index (χ1n) is 9.73. The van der Waals surface area contributed by atoms with Crippen molar-refractivity contribution < 1.29 is 9.18 Å². The second-order valence-corrected chi connectivity index (χ2v) is 7.37. The van der Waals surface area contributed by atoms with Gasteiger partial charge in [0, 0.05) is 16.5 Å². The second-order valence-electron chi connectivity index (χ2n) is 7.37. The number of carbonyl (C=O) groups excluding carboxylic acids is 1. The van der Waals surface area contributed by atoms with Gasteiger partial charge in [-0.15, -0.1) is 0 Å². The zero-order valence-corrected chi connectivity index (χ0v) is 15.7. The van der Waals surface area contributed by atoms with Crippen LogP contribution < -0.4 is 5.32 Å². The molecule has 29 heavy (non-hydrogen) atoms. The zero-order valence-electron chi connectivity index (χ0n) is 15.7. The Morgan fingerprint density at radius 2 is 1.72 bits per heavy atom. The molecule has 3 nitrogen and oxygen atoms in total. The normalized spacial score (nSPS) is 15.3. The van der Waals surface area contributed by atoms with Gasteiger partial charge < -0.3 is 5.32 Å². The second kappa shape index (κ2) is 7.13. The summed E-state index contributed by atoms with van der Waals surface area (Å²) >= 11 is 0. The molecule has 142 valence electrons. The zero-order chi connectivity index (χ0) is 19.8. The molecule has 0 amide bonds. The van der Waals surface area contributed by atoms with Crippen molar-refractivity contribution in [3.8, 4) is 0 Å². The Bertz CT molecular complexity index is 1220. The molecule has 0 radical (unpaired) electrons. The molecule has 1 heterocycles. The lowest BCUT2D eigenvalue weighted by atomic mass is 10.0. The van der Waals surface area contributed by atoms with Gasteiger partial charge in [0.15, 0.2) is 5.78 Å². The Kier molecular flexibility index (Phi) is 4.32. The van der Waals surface area contributed by atoms with Gasteiger partial charge in [-0.1, -0.05) is 24.3 Å². The molecule has 1 aliphatic rings. The molecular formula is C25H19FN2O. The summed E-state index contributed by atoms with van der Waals surface area (Å²) in [6, 6.07) is 23.8. The first kappa shape index (κ1) is 17.6. The summed E-state index contributed by atoms with van der Waals surface area (Å²) in [6.07, 6.45) is 2.14. The van der Waals surface area contributed by atoms with Gasteiger partial charge in [0.2, 0.25) is 0 Å². The van der Waals surface area contributed by atoms with Crippen LogP contribution >= 0.6 is 0 Å². The van der Waals surface area contributed by atoms with Crippen molar-refractivity contribution >= 4 is 22.5 Å². The maximum atomic E-state index is 13.1. The largest absolute Gasteiger partial charge is 0.363 e. The van der Waals surface area contributed by atoms with Crippen LogP contribution in [0.4, 0.5) is 10.2 Å². The molecule has 3 aromatic carbocycles. The van der Waals surface area contributed by atoms with Crippen molar-refractivity contribution in [2.24, 2.45) is 0 Å². The number of anilines is 1. The molecule has 0 bridgehead atoms. The maximum Gasteiger partial charge on any atom is 0.193 e. The van der Waals surface area contributed by atoms with E-state index in [9.17, 15) is 9.18 Å². The molecule has 4 aromatic rings. The monoisotopic (exact) mass is 382 g/mol. The summed E-state index contributed by atoms with van der Waals surface area (Å²) in [5, 5.41) is 4.44. The highest BCUT2D eigenvalue weighted by Gasteiger charge is 2.22. The number of aromatic nitrogens is 1. The van der Waals surface area contributed by atoms with Crippen LogP contribution in [0, 0.1) is 5.82 Å². The molecular weight excluding hydrogens is 363 g/mol. The van der Waals surface area contributed by atoms with Crippen LogP contribution in [0.1, 0.15) is 39.5 Å². The Morgan fingerprint density at radius 3 is 2.59 bits per heavy atom. The quantitative estimate of drug-likeness (QED) is 0.460. The van der Waals surface area contributed by atoms with E-state index >= 15 is 0 Å². The summed E-state index contributed by atoms with van der Waals surface area (Å²) in [4.78, 5) is 17.4. The van der Waals surface area contributed by atoms with Gasteiger partial charge in [0.05, 0.1) is 11.6 Å². The summed E-state index contributed by atoms with van der Waals surface area (Å²) in [7, 11) is 0. The van der Waals surface area contributed by atoms with Gasteiger partial charge in [-0.25, -0.2) is 9.37 Å². The van der Waals surface area contributed by atoms with Gasteiger partial charge in [0.1, 0.15) is 11.6 Å². The number of fused-ring (bicyclic) bond motifs is 2. The Hall–Kier alpha value is -3.53. The van der Waals surface area contributed by atoms with Crippen molar-refractivity contribution in [2.45, 2.75) is 18.9 Å². The molecule has 1 unspecified atom stereocenters. The minimum Gasteiger partial charge on any atom is -0.363 e. The molecule has 1 aromatic heterocycles. The van der Waals surface area contributed by atoms with Gasteiger partial charge in [0.25, 0.3) is 0 Å². The summed E-state index contributed by atoms with van der Waals surface area (Å²) < 4.78 is 13.1. The van der Waals surface area contributed by atoms with E-state index in [1.54, 1.807) is 6.07 Å². The van der Waals surface area contributed by atoms with Crippen LogP contribution in [-0.2, 0) is 6.42 Å². The number of hydrogen-bond acceptors (Lipinski definition) is 3. The summed E-state index contributed by atoms with van der Waals surface area (Å²) in [6.45, 7) is 0. The molecule has 1 aliphatic carbocycles. The molecule has 0 saturated carbocycles. The van der Waals surface area contributed by atoms with Crippen LogP contribution in [-0.4, -0.2) is 10.8 Å². The third kappa shape index (κ3) is 3.38. The Balaban J connectivity index is 1.40. The number of nitrogens with one attached hydrogen (secondary N) is 1. The van der Waals surface area contributed by atoms with Crippen LogP contribution in [0.25, 0.3) is 10.9 Å². The van der Waals surface area contributed by atoms with Crippen LogP contribution in [0.5, 0.6) is 0 Å². The standard InChI is InChI=1S/C25H19FN2O/c26-20-10-5-17(6-11-20)25(29)19-8-12-22-18(15-19)9-14-24(27-22)28-23-13-7-16-3-1-2-4-21(16)23/h1-6,8-12,14-15,23H,7,13H2,(H,27,28). The van der Waals surface area contributed by atoms with E-state index in [-0.39, 0.29) is 17.6 Å². The van der Waals surface area contributed by atoms with Crippen molar-refractivity contribution in [3.05, 3.63) is 107 Å². The summed E-state index contributed by atoms with van der Waals surface area (Å²) in [5.74, 6) is 0.350. The minimum absolute atomic E-state index is 0.128. The van der Waals surface area contributed by atoms with E-state index in [4.69, 9.17) is 4.98 Å².